The van der Waals surface area contributed by atoms with Crippen LogP contribution in [0.1, 0.15) is 13.8 Å². The second kappa shape index (κ2) is 6.20. The molecule has 1 aromatic heterocycles. The van der Waals surface area contributed by atoms with E-state index in [0.717, 1.165) is 10.9 Å². The number of hydrogen-bond donors (Lipinski definition) is 0. The fourth-order valence-corrected chi connectivity index (χ4v) is 4.09. The van der Waals surface area contributed by atoms with Gasteiger partial charge in [-0.2, -0.15) is 4.57 Å². The molecule has 0 aliphatic carbocycles. The minimum atomic E-state index is -0.150. The quantitative estimate of drug-likeness (QED) is 0.480. The Morgan fingerprint density at radius 2 is 2.17 bits per heavy atom. The van der Waals surface area contributed by atoms with Crippen LogP contribution in [-0.4, -0.2) is 18.3 Å². The molecule has 2 aromatic rings. The normalized spacial score (nSPS) is 10.8. The van der Waals surface area contributed by atoms with Crippen molar-refractivity contribution in [3.05, 3.63) is 24.3 Å². The highest BCUT2D eigenvalue weighted by atomic mass is 32.2. The Kier molecular flexibility index (Phi) is 4.60. The number of thioether (sulfide) groups is 1. The number of esters is 1. The van der Waals surface area contributed by atoms with Crippen LogP contribution in [0.15, 0.2) is 28.6 Å². The third-order valence-electron chi connectivity index (χ3n) is 2.51. The SMILES string of the molecule is CCOC(=O)CSc1sc2ccccc2[n+]1CC. The van der Waals surface area contributed by atoms with Crippen molar-refractivity contribution in [1.29, 1.82) is 0 Å². The standard InChI is InChI=1S/C13H16NO2S2/c1-3-14-10-7-5-6-8-11(10)18-13(14)17-9-12(15)16-4-2/h5-8H,3-4,9H2,1-2H3/q+1. The van der Waals surface area contributed by atoms with Gasteiger partial charge in [-0.25, -0.2) is 0 Å². The highest BCUT2D eigenvalue weighted by Crippen LogP contribution is 2.27. The molecule has 0 saturated carbocycles. The number of nitrogens with zero attached hydrogens (tertiary/aromatic N) is 1. The molecule has 0 unspecified atom stereocenters. The molecule has 0 N–H and O–H groups in total. The largest absolute Gasteiger partial charge is 0.465 e. The molecule has 0 radical (unpaired) electrons. The van der Waals surface area contributed by atoms with Crippen molar-refractivity contribution in [3.63, 3.8) is 0 Å². The third kappa shape index (κ3) is 2.84. The Balaban J connectivity index is 2.19. The molecule has 0 amide bonds. The van der Waals surface area contributed by atoms with Gasteiger partial charge < -0.3 is 4.74 Å². The molecule has 0 fully saturated rings. The number of fused-ring (bicyclic) bond motifs is 1. The first kappa shape index (κ1) is 13.4. The second-order valence-corrected chi connectivity index (χ2v) is 5.93. The van der Waals surface area contributed by atoms with Gasteiger partial charge in [0.05, 0.1) is 6.61 Å². The number of benzene rings is 1. The van der Waals surface area contributed by atoms with Crippen LogP contribution in [0.5, 0.6) is 0 Å². The molecule has 5 heteroatoms. The summed E-state index contributed by atoms with van der Waals surface area (Å²) in [4.78, 5) is 11.4. The zero-order chi connectivity index (χ0) is 13.0. The van der Waals surface area contributed by atoms with Gasteiger partial charge in [0, 0.05) is 6.07 Å². The highest BCUT2D eigenvalue weighted by Gasteiger charge is 2.20. The first-order valence-corrected chi connectivity index (χ1v) is 7.76. The highest BCUT2D eigenvalue weighted by molar-refractivity contribution is 8.01. The number of carbonyl (C=O) groups excluding carboxylic acids is 1. The van der Waals surface area contributed by atoms with Crippen molar-refractivity contribution in [1.82, 2.24) is 0 Å². The van der Waals surface area contributed by atoms with E-state index in [9.17, 15) is 4.79 Å². The van der Waals surface area contributed by atoms with E-state index in [1.54, 1.807) is 23.1 Å². The smallest absolute Gasteiger partial charge is 0.316 e. The number of aromatic nitrogens is 1. The number of hydrogen-bond acceptors (Lipinski definition) is 4. The molecule has 0 bridgehead atoms. The Morgan fingerprint density at radius 3 is 2.89 bits per heavy atom. The fourth-order valence-electron chi connectivity index (χ4n) is 1.74. The van der Waals surface area contributed by atoms with Crippen molar-refractivity contribution in [2.45, 2.75) is 24.7 Å². The minimum absolute atomic E-state index is 0.150. The minimum Gasteiger partial charge on any atom is -0.465 e. The average molecular weight is 282 g/mol. The molecular weight excluding hydrogens is 266 g/mol. The number of thiazole rings is 1. The maximum Gasteiger partial charge on any atom is 0.316 e. The first-order valence-electron chi connectivity index (χ1n) is 5.96. The van der Waals surface area contributed by atoms with Crippen LogP contribution in [0.3, 0.4) is 0 Å². The van der Waals surface area contributed by atoms with Gasteiger partial charge >= 0.3 is 5.97 Å². The van der Waals surface area contributed by atoms with Crippen molar-refractivity contribution >= 4 is 39.3 Å². The molecule has 0 atom stereocenters. The first-order chi connectivity index (χ1) is 8.76. The van der Waals surface area contributed by atoms with Gasteiger partial charge in [-0.3, -0.25) is 4.79 Å². The lowest BCUT2D eigenvalue weighted by atomic mass is 10.3. The Labute approximate surface area is 115 Å². The summed E-state index contributed by atoms with van der Waals surface area (Å²) in [5.41, 5.74) is 1.23. The van der Waals surface area contributed by atoms with E-state index < -0.39 is 0 Å². The summed E-state index contributed by atoms with van der Waals surface area (Å²) in [6.45, 7) is 5.30. The lowest BCUT2D eigenvalue weighted by Gasteiger charge is -1.98. The predicted molar refractivity (Wildman–Crippen MR) is 75.1 cm³/mol. The number of carbonyl (C=O) groups is 1. The molecule has 1 aromatic carbocycles. The molecule has 0 spiro atoms. The molecule has 2 rings (SSSR count). The summed E-state index contributed by atoms with van der Waals surface area (Å²) in [5.74, 6) is 0.225. The maximum atomic E-state index is 11.4. The van der Waals surface area contributed by atoms with Gasteiger partial charge in [0.15, 0.2) is 0 Å². The molecule has 18 heavy (non-hydrogen) atoms. The third-order valence-corrected chi connectivity index (χ3v) is 4.92. The van der Waals surface area contributed by atoms with E-state index in [4.69, 9.17) is 4.74 Å². The molecule has 0 aliphatic heterocycles. The van der Waals surface area contributed by atoms with Gasteiger partial charge in [0.25, 0.3) is 4.34 Å². The van der Waals surface area contributed by atoms with Crippen molar-refractivity contribution in [3.8, 4) is 0 Å². The zero-order valence-electron chi connectivity index (χ0n) is 10.5. The zero-order valence-corrected chi connectivity index (χ0v) is 12.1. The fraction of sp³-hybridized carbons (Fsp3) is 0.385. The molecule has 0 saturated heterocycles. The van der Waals surface area contributed by atoms with E-state index in [0.29, 0.717) is 12.4 Å². The molecule has 96 valence electrons. The van der Waals surface area contributed by atoms with Crippen LogP contribution in [0.2, 0.25) is 0 Å². The number of aryl methyl sites for hydroxylation is 1. The number of ether oxygens (including phenoxy) is 1. The summed E-state index contributed by atoms with van der Waals surface area (Å²) in [6, 6.07) is 8.31. The summed E-state index contributed by atoms with van der Waals surface area (Å²) in [6.07, 6.45) is 0. The summed E-state index contributed by atoms with van der Waals surface area (Å²) >= 11 is 3.28. The Bertz CT molecular complexity index is 551. The van der Waals surface area contributed by atoms with E-state index in [1.807, 2.05) is 19.1 Å². The van der Waals surface area contributed by atoms with Crippen molar-refractivity contribution < 1.29 is 14.1 Å². The Morgan fingerprint density at radius 1 is 1.39 bits per heavy atom. The van der Waals surface area contributed by atoms with Crippen LogP contribution in [-0.2, 0) is 16.1 Å². The number of rotatable bonds is 5. The second-order valence-electron chi connectivity index (χ2n) is 3.67. The van der Waals surface area contributed by atoms with Crippen LogP contribution >= 0.6 is 23.1 Å². The lowest BCUT2D eigenvalue weighted by molar-refractivity contribution is -0.698. The van der Waals surface area contributed by atoms with Gasteiger partial charge in [0.1, 0.15) is 17.0 Å². The maximum absolute atomic E-state index is 11.4. The lowest BCUT2D eigenvalue weighted by Crippen LogP contribution is -2.32. The van der Waals surface area contributed by atoms with E-state index >= 15 is 0 Å². The molecule has 0 aliphatic rings. The summed E-state index contributed by atoms with van der Waals surface area (Å²) in [5, 5.41) is 0. The van der Waals surface area contributed by atoms with Gasteiger partial charge in [-0.05, 0) is 31.7 Å². The van der Waals surface area contributed by atoms with Gasteiger partial charge in [-0.1, -0.05) is 23.5 Å². The van der Waals surface area contributed by atoms with E-state index in [2.05, 4.69) is 23.6 Å². The van der Waals surface area contributed by atoms with E-state index in [-0.39, 0.29) is 5.97 Å². The van der Waals surface area contributed by atoms with E-state index in [1.165, 1.54) is 10.2 Å². The number of para-hydroxylation sites is 1. The van der Waals surface area contributed by atoms with Crippen molar-refractivity contribution in [2.24, 2.45) is 0 Å². The Hall–Kier alpha value is -1.07. The summed E-state index contributed by atoms with van der Waals surface area (Å²) in [7, 11) is 0. The van der Waals surface area contributed by atoms with Crippen LogP contribution < -0.4 is 4.57 Å². The molecular formula is C13H16NO2S2+. The monoisotopic (exact) mass is 282 g/mol. The average Bonchev–Trinajstić information content (AvgIpc) is 2.74. The summed E-state index contributed by atoms with van der Waals surface area (Å²) < 4.78 is 9.60. The van der Waals surface area contributed by atoms with Crippen LogP contribution in [0, 0.1) is 0 Å². The van der Waals surface area contributed by atoms with Gasteiger partial charge in [-0.15, -0.1) is 0 Å². The van der Waals surface area contributed by atoms with Gasteiger partial charge in [0.2, 0.25) is 5.52 Å². The molecule has 3 nitrogen and oxygen atoms in total. The topological polar surface area (TPSA) is 30.2 Å². The van der Waals surface area contributed by atoms with Crippen LogP contribution in [0.4, 0.5) is 0 Å². The predicted octanol–water partition coefficient (Wildman–Crippen LogP) is 2.86. The van der Waals surface area contributed by atoms with Crippen molar-refractivity contribution in [2.75, 3.05) is 12.4 Å². The van der Waals surface area contributed by atoms with Crippen LogP contribution in [0.25, 0.3) is 10.2 Å². The molecule has 1 heterocycles.